The number of benzene rings is 1. The fourth-order valence-corrected chi connectivity index (χ4v) is 3.52. The molecule has 2 aliphatic rings. The SMILES string of the molecule is O=C1c2ccccc2[C@@H]2CCCC[C@]12OCCO. The Morgan fingerprint density at radius 1 is 1.33 bits per heavy atom. The molecule has 1 N–H and O–H groups in total. The lowest BCUT2D eigenvalue weighted by molar-refractivity contribution is -0.0635. The van der Waals surface area contributed by atoms with Crippen LogP contribution in [0.5, 0.6) is 0 Å². The number of carbonyl (C=O) groups excluding carboxylic acids is 1. The van der Waals surface area contributed by atoms with Crippen molar-refractivity contribution in [3.05, 3.63) is 35.4 Å². The van der Waals surface area contributed by atoms with E-state index < -0.39 is 5.60 Å². The van der Waals surface area contributed by atoms with E-state index in [2.05, 4.69) is 0 Å². The number of rotatable bonds is 3. The Morgan fingerprint density at radius 2 is 2.17 bits per heavy atom. The fraction of sp³-hybridized carbons (Fsp3) is 0.533. The van der Waals surface area contributed by atoms with Gasteiger partial charge >= 0.3 is 0 Å². The Kier molecular flexibility index (Phi) is 2.96. The average molecular weight is 246 g/mol. The van der Waals surface area contributed by atoms with Gasteiger partial charge in [0.05, 0.1) is 13.2 Å². The zero-order valence-corrected chi connectivity index (χ0v) is 10.4. The zero-order chi connectivity index (χ0) is 12.6. The first-order valence-corrected chi connectivity index (χ1v) is 6.68. The van der Waals surface area contributed by atoms with Crippen molar-refractivity contribution in [2.24, 2.45) is 0 Å². The van der Waals surface area contributed by atoms with E-state index in [0.29, 0.717) is 0 Å². The summed E-state index contributed by atoms with van der Waals surface area (Å²) < 4.78 is 5.84. The molecule has 0 aromatic heterocycles. The van der Waals surface area contributed by atoms with Crippen molar-refractivity contribution in [1.29, 1.82) is 0 Å². The van der Waals surface area contributed by atoms with E-state index in [1.54, 1.807) is 0 Å². The Balaban J connectivity index is 2.04. The molecule has 3 rings (SSSR count). The molecule has 0 saturated heterocycles. The van der Waals surface area contributed by atoms with Crippen LogP contribution in [-0.4, -0.2) is 29.7 Å². The predicted octanol–water partition coefficient (Wildman–Crippen LogP) is 2.29. The van der Waals surface area contributed by atoms with Crippen LogP contribution < -0.4 is 0 Å². The molecule has 96 valence electrons. The predicted molar refractivity (Wildman–Crippen MR) is 67.8 cm³/mol. The van der Waals surface area contributed by atoms with Gasteiger partial charge in [-0.3, -0.25) is 4.79 Å². The van der Waals surface area contributed by atoms with E-state index in [1.165, 1.54) is 0 Å². The first-order chi connectivity index (χ1) is 8.79. The molecule has 0 spiro atoms. The summed E-state index contributed by atoms with van der Waals surface area (Å²) in [6.07, 6.45) is 3.97. The first-order valence-electron chi connectivity index (χ1n) is 6.68. The third kappa shape index (κ3) is 1.54. The number of hydrogen-bond donors (Lipinski definition) is 1. The van der Waals surface area contributed by atoms with Crippen molar-refractivity contribution >= 4 is 5.78 Å². The third-order valence-electron chi connectivity index (χ3n) is 4.27. The maximum atomic E-state index is 12.7. The molecular formula is C15H18O3. The lowest BCUT2D eigenvalue weighted by atomic mass is 9.75. The van der Waals surface area contributed by atoms with Crippen molar-refractivity contribution < 1.29 is 14.6 Å². The molecule has 0 bridgehead atoms. The van der Waals surface area contributed by atoms with Crippen molar-refractivity contribution in [3.8, 4) is 0 Å². The van der Waals surface area contributed by atoms with Gasteiger partial charge in [-0.05, 0) is 18.4 Å². The van der Waals surface area contributed by atoms with Gasteiger partial charge in [-0.15, -0.1) is 0 Å². The van der Waals surface area contributed by atoms with E-state index in [-0.39, 0.29) is 24.9 Å². The van der Waals surface area contributed by atoms with Gasteiger partial charge < -0.3 is 9.84 Å². The van der Waals surface area contributed by atoms with Crippen LogP contribution in [0.3, 0.4) is 0 Å². The van der Waals surface area contributed by atoms with E-state index in [4.69, 9.17) is 9.84 Å². The van der Waals surface area contributed by atoms with E-state index in [1.807, 2.05) is 24.3 Å². The van der Waals surface area contributed by atoms with Crippen LogP contribution in [0.15, 0.2) is 24.3 Å². The summed E-state index contributed by atoms with van der Waals surface area (Å²) in [5.41, 5.74) is 1.27. The van der Waals surface area contributed by atoms with Crippen LogP contribution >= 0.6 is 0 Å². The smallest absolute Gasteiger partial charge is 0.195 e. The molecule has 1 aromatic rings. The summed E-state index contributed by atoms with van der Waals surface area (Å²) in [6.45, 7) is 0.217. The zero-order valence-electron chi connectivity index (χ0n) is 10.4. The molecule has 0 amide bonds. The average Bonchev–Trinajstić information content (AvgIpc) is 2.68. The highest BCUT2D eigenvalue weighted by Gasteiger charge is 2.54. The van der Waals surface area contributed by atoms with Gasteiger partial charge in [-0.25, -0.2) is 0 Å². The third-order valence-corrected chi connectivity index (χ3v) is 4.27. The van der Waals surface area contributed by atoms with Crippen LogP contribution in [-0.2, 0) is 4.74 Å². The van der Waals surface area contributed by atoms with Crippen LogP contribution in [0, 0.1) is 0 Å². The molecule has 1 fully saturated rings. The Morgan fingerprint density at radius 3 is 3.00 bits per heavy atom. The van der Waals surface area contributed by atoms with Crippen LogP contribution in [0.4, 0.5) is 0 Å². The van der Waals surface area contributed by atoms with Gasteiger partial charge in [0.25, 0.3) is 0 Å². The summed E-state index contributed by atoms with van der Waals surface area (Å²) in [4.78, 5) is 12.7. The summed E-state index contributed by atoms with van der Waals surface area (Å²) in [7, 11) is 0. The highest BCUT2D eigenvalue weighted by molar-refractivity contribution is 6.08. The number of carbonyl (C=O) groups is 1. The minimum atomic E-state index is -0.690. The first kappa shape index (κ1) is 11.9. The highest BCUT2D eigenvalue weighted by Crippen LogP contribution is 2.51. The molecular weight excluding hydrogens is 228 g/mol. The van der Waals surface area contributed by atoms with Crippen molar-refractivity contribution in [2.75, 3.05) is 13.2 Å². The second-order valence-corrected chi connectivity index (χ2v) is 5.18. The minimum absolute atomic E-state index is 0.0297. The van der Waals surface area contributed by atoms with Gasteiger partial charge in [0.15, 0.2) is 5.78 Å². The number of fused-ring (bicyclic) bond motifs is 3. The van der Waals surface area contributed by atoms with Crippen molar-refractivity contribution in [3.63, 3.8) is 0 Å². The normalized spacial score (nSPS) is 30.1. The van der Waals surface area contributed by atoms with E-state index in [9.17, 15) is 4.79 Å². The molecule has 2 aliphatic carbocycles. The van der Waals surface area contributed by atoms with Crippen LogP contribution in [0.1, 0.15) is 47.5 Å². The van der Waals surface area contributed by atoms with Crippen molar-refractivity contribution in [1.82, 2.24) is 0 Å². The number of aliphatic hydroxyl groups is 1. The largest absolute Gasteiger partial charge is 0.394 e. The Hall–Kier alpha value is -1.19. The van der Waals surface area contributed by atoms with Gasteiger partial charge in [0.1, 0.15) is 5.60 Å². The molecule has 0 radical (unpaired) electrons. The molecule has 18 heavy (non-hydrogen) atoms. The maximum absolute atomic E-state index is 12.7. The molecule has 3 nitrogen and oxygen atoms in total. The Labute approximate surface area is 107 Å². The molecule has 0 heterocycles. The molecule has 1 aromatic carbocycles. The topological polar surface area (TPSA) is 46.5 Å². The summed E-state index contributed by atoms with van der Waals surface area (Å²) >= 11 is 0. The van der Waals surface area contributed by atoms with Gasteiger partial charge in [-0.1, -0.05) is 37.1 Å². The van der Waals surface area contributed by atoms with Gasteiger partial charge in [0.2, 0.25) is 0 Å². The summed E-state index contributed by atoms with van der Waals surface area (Å²) in [6, 6.07) is 7.85. The number of hydrogen-bond acceptors (Lipinski definition) is 3. The molecule has 3 heteroatoms. The van der Waals surface area contributed by atoms with Crippen molar-refractivity contribution in [2.45, 2.75) is 37.2 Å². The lowest BCUT2D eigenvalue weighted by Crippen LogP contribution is -2.45. The van der Waals surface area contributed by atoms with E-state index >= 15 is 0 Å². The monoisotopic (exact) mass is 246 g/mol. The quantitative estimate of drug-likeness (QED) is 0.890. The molecule has 0 aliphatic heterocycles. The van der Waals surface area contributed by atoms with Crippen LogP contribution in [0.2, 0.25) is 0 Å². The second-order valence-electron chi connectivity index (χ2n) is 5.18. The molecule has 1 saturated carbocycles. The number of ketones is 1. The Bertz CT molecular complexity index is 469. The summed E-state index contributed by atoms with van der Waals surface area (Å²) in [5, 5.41) is 8.98. The second kappa shape index (κ2) is 4.48. The number of Topliss-reactive ketones (excluding diaryl/α,β-unsaturated/α-hetero) is 1. The highest BCUT2D eigenvalue weighted by atomic mass is 16.5. The fourth-order valence-electron chi connectivity index (χ4n) is 3.52. The number of aliphatic hydroxyl groups excluding tert-OH is 1. The molecule has 0 unspecified atom stereocenters. The molecule has 2 atom stereocenters. The number of ether oxygens (including phenoxy) is 1. The standard InChI is InChI=1S/C15H18O3/c16-9-10-18-15-8-4-3-7-13(15)11-5-1-2-6-12(11)14(15)17/h1-2,5-6,13,16H,3-4,7-10H2/t13-,15+/m0/s1. The van der Waals surface area contributed by atoms with Crippen LogP contribution in [0.25, 0.3) is 0 Å². The summed E-state index contributed by atoms with van der Waals surface area (Å²) in [5.74, 6) is 0.303. The lowest BCUT2D eigenvalue weighted by Gasteiger charge is -2.38. The van der Waals surface area contributed by atoms with Gasteiger partial charge in [-0.2, -0.15) is 0 Å². The van der Waals surface area contributed by atoms with E-state index in [0.717, 1.165) is 36.8 Å². The maximum Gasteiger partial charge on any atom is 0.195 e. The minimum Gasteiger partial charge on any atom is -0.394 e. The van der Waals surface area contributed by atoms with Gasteiger partial charge in [0, 0.05) is 11.5 Å².